The maximum atomic E-state index is 11.8. The minimum atomic E-state index is -0.184. The smallest absolute Gasteiger partial charge is 0.248 e. The largest absolute Gasteiger partial charge is 0.313 e. The SMILES string of the molecule is CC=CC=CC(=O)Nc1sc2c(c1C#N)CCCCC2. The Morgan fingerprint density at radius 2 is 2.10 bits per heavy atom. The molecule has 1 aliphatic rings. The summed E-state index contributed by atoms with van der Waals surface area (Å²) in [7, 11) is 0. The van der Waals surface area contributed by atoms with Crippen molar-refractivity contribution >= 4 is 22.2 Å². The van der Waals surface area contributed by atoms with E-state index in [4.69, 9.17) is 0 Å². The zero-order valence-corrected chi connectivity index (χ0v) is 12.4. The molecule has 20 heavy (non-hydrogen) atoms. The average Bonchev–Trinajstić information content (AvgIpc) is 2.60. The first-order chi connectivity index (χ1) is 9.76. The molecule has 0 radical (unpaired) electrons. The number of anilines is 1. The van der Waals surface area contributed by atoms with Crippen molar-refractivity contribution in [2.75, 3.05) is 5.32 Å². The molecule has 2 rings (SSSR count). The summed E-state index contributed by atoms with van der Waals surface area (Å²) in [4.78, 5) is 13.1. The summed E-state index contributed by atoms with van der Waals surface area (Å²) in [5.74, 6) is -0.184. The van der Waals surface area contributed by atoms with Crippen LogP contribution in [0.25, 0.3) is 0 Å². The normalized spacial score (nSPS) is 15.0. The molecule has 0 spiro atoms. The van der Waals surface area contributed by atoms with Crippen LogP contribution in [0.2, 0.25) is 0 Å². The van der Waals surface area contributed by atoms with Gasteiger partial charge in [0.1, 0.15) is 11.1 Å². The number of aryl methyl sites for hydroxylation is 1. The second-order valence-electron chi connectivity index (χ2n) is 4.75. The van der Waals surface area contributed by atoms with Gasteiger partial charge in [0.2, 0.25) is 5.91 Å². The number of nitriles is 1. The molecule has 0 bridgehead atoms. The lowest BCUT2D eigenvalue weighted by Gasteiger charge is -2.00. The lowest BCUT2D eigenvalue weighted by molar-refractivity contribution is -0.111. The summed E-state index contributed by atoms with van der Waals surface area (Å²) in [5, 5.41) is 12.9. The average molecular weight is 286 g/mol. The number of allylic oxidation sites excluding steroid dienone is 3. The van der Waals surface area contributed by atoms with Crippen LogP contribution in [-0.4, -0.2) is 5.91 Å². The molecule has 0 fully saturated rings. The van der Waals surface area contributed by atoms with Crippen LogP contribution >= 0.6 is 11.3 Å². The highest BCUT2D eigenvalue weighted by molar-refractivity contribution is 7.16. The second kappa shape index (κ2) is 7.06. The van der Waals surface area contributed by atoms with Gasteiger partial charge >= 0.3 is 0 Å². The number of hydrogen-bond donors (Lipinski definition) is 1. The molecule has 1 N–H and O–H groups in total. The van der Waals surface area contributed by atoms with Crippen LogP contribution < -0.4 is 5.32 Å². The fourth-order valence-corrected chi connectivity index (χ4v) is 3.60. The quantitative estimate of drug-likeness (QED) is 0.519. The number of hydrogen-bond acceptors (Lipinski definition) is 3. The molecule has 0 aliphatic heterocycles. The highest BCUT2D eigenvalue weighted by atomic mass is 32.1. The van der Waals surface area contributed by atoms with Crippen LogP contribution in [0.1, 0.15) is 42.2 Å². The number of amides is 1. The Kier molecular flexibility index (Phi) is 5.14. The Balaban J connectivity index is 2.20. The molecular formula is C16H18N2OS. The first-order valence-corrected chi connectivity index (χ1v) is 7.73. The number of nitrogens with zero attached hydrogens (tertiary/aromatic N) is 1. The molecule has 0 saturated carbocycles. The van der Waals surface area contributed by atoms with Crippen LogP contribution in [0.3, 0.4) is 0 Å². The minimum absolute atomic E-state index is 0.184. The zero-order chi connectivity index (χ0) is 14.4. The van der Waals surface area contributed by atoms with Crippen molar-refractivity contribution < 1.29 is 4.79 Å². The summed E-state index contributed by atoms with van der Waals surface area (Å²) in [6, 6.07) is 2.26. The summed E-state index contributed by atoms with van der Waals surface area (Å²) < 4.78 is 0. The van der Waals surface area contributed by atoms with Crippen molar-refractivity contribution in [2.45, 2.75) is 39.0 Å². The lowest BCUT2D eigenvalue weighted by atomic mass is 10.1. The van der Waals surface area contributed by atoms with Gasteiger partial charge in [0.15, 0.2) is 0 Å². The first kappa shape index (κ1) is 14.5. The highest BCUT2D eigenvalue weighted by Crippen LogP contribution is 2.36. The Hall–Kier alpha value is -1.86. The molecule has 1 aromatic rings. The van der Waals surface area contributed by atoms with Crippen molar-refractivity contribution in [3.8, 4) is 6.07 Å². The van der Waals surface area contributed by atoms with Gasteiger partial charge in [0, 0.05) is 11.0 Å². The first-order valence-electron chi connectivity index (χ1n) is 6.91. The molecule has 0 saturated heterocycles. The monoisotopic (exact) mass is 286 g/mol. The van der Waals surface area contributed by atoms with E-state index in [1.807, 2.05) is 13.0 Å². The van der Waals surface area contributed by atoms with E-state index in [9.17, 15) is 10.1 Å². The van der Waals surface area contributed by atoms with Crippen LogP contribution in [0.15, 0.2) is 24.3 Å². The van der Waals surface area contributed by atoms with Gasteiger partial charge in [-0.15, -0.1) is 11.3 Å². The van der Waals surface area contributed by atoms with Gasteiger partial charge in [-0.25, -0.2) is 0 Å². The number of nitrogens with one attached hydrogen (secondary N) is 1. The molecular weight excluding hydrogens is 268 g/mol. The lowest BCUT2D eigenvalue weighted by Crippen LogP contribution is -2.07. The van der Waals surface area contributed by atoms with Crippen LogP contribution in [0, 0.1) is 11.3 Å². The van der Waals surface area contributed by atoms with Crippen LogP contribution in [0.5, 0.6) is 0 Å². The number of carbonyl (C=O) groups is 1. The van der Waals surface area contributed by atoms with E-state index in [0.717, 1.165) is 24.8 Å². The fourth-order valence-electron chi connectivity index (χ4n) is 2.36. The standard InChI is InChI=1S/C16H18N2OS/c1-2-3-5-10-15(19)18-16-13(11-17)12-8-6-4-7-9-14(12)20-16/h2-3,5,10H,4,6-9H2,1H3,(H,18,19). The molecule has 0 unspecified atom stereocenters. The second-order valence-corrected chi connectivity index (χ2v) is 5.86. The van der Waals surface area contributed by atoms with Gasteiger partial charge in [-0.05, 0) is 38.2 Å². The third-order valence-electron chi connectivity index (χ3n) is 3.32. The van der Waals surface area contributed by atoms with Gasteiger partial charge in [0.05, 0.1) is 5.56 Å². The Morgan fingerprint density at radius 1 is 1.30 bits per heavy atom. The number of carbonyl (C=O) groups excluding carboxylic acids is 1. The van der Waals surface area contributed by atoms with Crippen LogP contribution in [0.4, 0.5) is 5.00 Å². The third kappa shape index (κ3) is 3.37. The molecule has 1 aliphatic carbocycles. The molecule has 1 aromatic heterocycles. The van der Waals surface area contributed by atoms with Gasteiger partial charge in [0.25, 0.3) is 0 Å². The zero-order valence-electron chi connectivity index (χ0n) is 11.6. The summed E-state index contributed by atoms with van der Waals surface area (Å²) in [5.41, 5.74) is 1.82. The molecule has 0 aromatic carbocycles. The Morgan fingerprint density at radius 3 is 2.85 bits per heavy atom. The topological polar surface area (TPSA) is 52.9 Å². The number of rotatable bonds is 3. The van der Waals surface area contributed by atoms with Crippen molar-refractivity contribution in [3.05, 3.63) is 40.3 Å². The highest BCUT2D eigenvalue weighted by Gasteiger charge is 2.20. The molecule has 4 heteroatoms. The van der Waals surface area contributed by atoms with Crippen molar-refractivity contribution in [3.63, 3.8) is 0 Å². The van der Waals surface area contributed by atoms with E-state index in [1.165, 1.54) is 23.8 Å². The van der Waals surface area contributed by atoms with E-state index >= 15 is 0 Å². The Labute approximate surface area is 123 Å². The van der Waals surface area contributed by atoms with E-state index in [2.05, 4.69) is 11.4 Å². The summed E-state index contributed by atoms with van der Waals surface area (Å²) in [6.07, 6.45) is 12.3. The number of fused-ring (bicyclic) bond motifs is 1. The van der Waals surface area contributed by atoms with Crippen molar-refractivity contribution in [1.29, 1.82) is 5.26 Å². The maximum Gasteiger partial charge on any atom is 0.248 e. The van der Waals surface area contributed by atoms with Crippen molar-refractivity contribution in [1.82, 2.24) is 0 Å². The number of thiophene rings is 1. The molecule has 104 valence electrons. The van der Waals surface area contributed by atoms with Gasteiger partial charge in [-0.2, -0.15) is 5.26 Å². The predicted molar refractivity (Wildman–Crippen MR) is 82.9 cm³/mol. The van der Waals surface area contributed by atoms with Crippen LogP contribution in [-0.2, 0) is 17.6 Å². The predicted octanol–water partition coefficient (Wildman–Crippen LogP) is 3.96. The fraction of sp³-hybridized carbons (Fsp3) is 0.375. The van der Waals surface area contributed by atoms with Gasteiger partial charge < -0.3 is 5.32 Å². The van der Waals surface area contributed by atoms with E-state index < -0.39 is 0 Å². The van der Waals surface area contributed by atoms with E-state index in [0.29, 0.717) is 10.6 Å². The molecule has 1 heterocycles. The minimum Gasteiger partial charge on any atom is -0.313 e. The maximum absolute atomic E-state index is 11.8. The van der Waals surface area contributed by atoms with E-state index in [-0.39, 0.29) is 5.91 Å². The summed E-state index contributed by atoms with van der Waals surface area (Å²) >= 11 is 1.56. The van der Waals surface area contributed by atoms with Gasteiger partial charge in [-0.1, -0.05) is 24.6 Å². The van der Waals surface area contributed by atoms with E-state index in [1.54, 1.807) is 23.5 Å². The summed E-state index contributed by atoms with van der Waals surface area (Å²) in [6.45, 7) is 1.90. The molecule has 1 amide bonds. The molecule has 3 nitrogen and oxygen atoms in total. The third-order valence-corrected chi connectivity index (χ3v) is 4.53. The van der Waals surface area contributed by atoms with Crippen molar-refractivity contribution in [2.24, 2.45) is 0 Å². The Bertz CT molecular complexity index is 590. The van der Waals surface area contributed by atoms with Gasteiger partial charge in [-0.3, -0.25) is 4.79 Å². The molecule has 0 atom stereocenters.